The number of H-pyrrole nitrogens is 1. The Bertz CT molecular complexity index is 521. The van der Waals surface area contributed by atoms with Crippen LogP contribution in [0.3, 0.4) is 0 Å². The second kappa shape index (κ2) is 5.63. The summed E-state index contributed by atoms with van der Waals surface area (Å²) in [6.45, 7) is 2.31. The molecule has 0 aliphatic carbocycles. The number of hydrogen-bond acceptors (Lipinski definition) is 5. The molecule has 0 radical (unpaired) electrons. The topological polar surface area (TPSA) is 96.9 Å². The molecule has 7 heteroatoms. The van der Waals surface area contributed by atoms with E-state index in [-0.39, 0.29) is 11.7 Å². The highest BCUT2D eigenvalue weighted by Crippen LogP contribution is 2.23. The molecular formula is C11H14N4O2S. The van der Waals surface area contributed by atoms with Crippen molar-refractivity contribution in [3.63, 3.8) is 0 Å². The van der Waals surface area contributed by atoms with Crippen molar-refractivity contribution in [1.82, 2.24) is 15.5 Å². The summed E-state index contributed by atoms with van der Waals surface area (Å²) in [6.07, 6.45) is 1.56. The van der Waals surface area contributed by atoms with Gasteiger partial charge < -0.3 is 15.5 Å². The minimum Gasteiger partial charge on any atom is -0.467 e. The molecule has 0 unspecified atom stereocenters. The fourth-order valence-corrected chi connectivity index (χ4v) is 2.20. The van der Waals surface area contributed by atoms with Gasteiger partial charge in [0.2, 0.25) is 0 Å². The van der Waals surface area contributed by atoms with E-state index in [2.05, 4.69) is 15.5 Å². The number of aromatic nitrogens is 2. The molecule has 6 nitrogen and oxygen atoms in total. The highest BCUT2D eigenvalue weighted by atomic mass is 32.2. The predicted molar refractivity (Wildman–Crippen MR) is 69.3 cm³/mol. The number of furan rings is 1. The van der Waals surface area contributed by atoms with Crippen LogP contribution in [0, 0.1) is 0 Å². The highest BCUT2D eigenvalue weighted by Gasteiger charge is 2.18. The fourth-order valence-electron chi connectivity index (χ4n) is 1.47. The van der Waals surface area contributed by atoms with Gasteiger partial charge in [-0.15, -0.1) is 11.8 Å². The molecule has 0 aromatic carbocycles. The van der Waals surface area contributed by atoms with Gasteiger partial charge in [-0.25, -0.2) is 0 Å². The van der Waals surface area contributed by atoms with Gasteiger partial charge in [-0.1, -0.05) is 6.92 Å². The van der Waals surface area contributed by atoms with Crippen molar-refractivity contribution in [2.75, 3.05) is 11.5 Å². The Hall–Kier alpha value is -1.89. The third kappa shape index (κ3) is 2.67. The van der Waals surface area contributed by atoms with E-state index in [1.807, 2.05) is 6.92 Å². The van der Waals surface area contributed by atoms with E-state index in [0.717, 1.165) is 5.75 Å². The monoisotopic (exact) mass is 266 g/mol. The zero-order chi connectivity index (χ0) is 13.0. The summed E-state index contributed by atoms with van der Waals surface area (Å²) in [5, 5.41) is 9.98. The number of amides is 1. The van der Waals surface area contributed by atoms with Crippen molar-refractivity contribution >= 4 is 23.5 Å². The number of nitrogens with two attached hydrogens (primary N) is 1. The minimum atomic E-state index is -0.256. The van der Waals surface area contributed by atoms with Crippen molar-refractivity contribution in [2.45, 2.75) is 18.5 Å². The van der Waals surface area contributed by atoms with Crippen molar-refractivity contribution in [3.05, 3.63) is 29.7 Å². The van der Waals surface area contributed by atoms with Crippen LogP contribution >= 0.6 is 11.8 Å². The molecule has 2 aromatic rings. The number of nitrogens with zero attached hydrogens (tertiary/aromatic N) is 1. The number of aromatic amines is 1. The van der Waals surface area contributed by atoms with Crippen LogP contribution in [0.5, 0.6) is 0 Å². The number of thioether (sulfide) groups is 1. The molecule has 0 spiro atoms. The highest BCUT2D eigenvalue weighted by molar-refractivity contribution is 7.99. The molecule has 0 bridgehead atoms. The number of hydrogen-bond donors (Lipinski definition) is 3. The van der Waals surface area contributed by atoms with E-state index >= 15 is 0 Å². The summed E-state index contributed by atoms with van der Waals surface area (Å²) in [5.74, 6) is 1.54. The number of nitrogen functional groups attached to an aromatic ring is 1. The van der Waals surface area contributed by atoms with Crippen molar-refractivity contribution in [2.24, 2.45) is 0 Å². The summed E-state index contributed by atoms with van der Waals surface area (Å²) in [4.78, 5) is 12.0. The van der Waals surface area contributed by atoms with E-state index in [4.69, 9.17) is 10.2 Å². The molecule has 2 aromatic heterocycles. The van der Waals surface area contributed by atoms with Crippen LogP contribution in [0.15, 0.2) is 27.8 Å². The molecule has 18 heavy (non-hydrogen) atoms. The summed E-state index contributed by atoms with van der Waals surface area (Å²) >= 11 is 1.47. The first-order chi connectivity index (χ1) is 8.72. The maximum Gasteiger partial charge on any atom is 0.258 e. The average molecular weight is 266 g/mol. The summed E-state index contributed by atoms with van der Waals surface area (Å²) in [6, 6.07) is 3.56. The zero-order valence-corrected chi connectivity index (χ0v) is 10.7. The Morgan fingerprint density at radius 1 is 1.67 bits per heavy atom. The van der Waals surface area contributed by atoms with E-state index in [1.54, 1.807) is 18.4 Å². The molecule has 0 aliphatic rings. The maximum atomic E-state index is 12.0. The molecule has 1 amide bonds. The Kier molecular flexibility index (Phi) is 3.93. The van der Waals surface area contributed by atoms with Gasteiger partial charge in [-0.2, -0.15) is 5.10 Å². The SMILES string of the molecule is CCSc1n[nH]c(N)c1C(=O)NCc1ccco1. The molecular weight excluding hydrogens is 252 g/mol. The molecule has 96 valence electrons. The Morgan fingerprint density at radius 3 is 3.17 bits per heavy atom. The second-order valence-corrected chi connectivity index (χ2v) is 4.77. The summed E-state index contributed by atoms with van der Waals surface area (Å²) in [7, 11) is 0. The van der Waals surface area contributed by atoms with E-state index in [9.17, 15) is 4.79 Å². The van der Waals surface area contributed by atoms with Gasteiger partial charge in [0.15, 0.2) is 0 Å². The average Bonchev–Trinajstić information content (AvgIpc) is 2.97. The van der Waals surface area contributed by atoms with E-state index in [1.165, 1.54) is 11.8 Å². The Labute approximate surface area is 108 Å². The van der Waals surface area contributed by atoms with Gasteiger partial charge in [0.1, 0.15) is 22.2 Å². The lowest BCUT2D eigenvalue weighted by Gasteiger charge is -2.03. The summed E-state index contributed by atoms with van der Waals surface area (Å²) in [5.41, 5.74) is 6.10. The van der Waals surface area contributed by atoms with Crippen molar-refractivity contribution < 1.29 is 9.21 Å². The Morgan fingerprint density at radius 2 is 2.50 bits per heavy atom. The molecule has 0 aliphatic heterocycles. The van der Waals surface area contributed by atoms with Gasteiger partial charge in [-0.3, -0.25) is 9.89 Å². The third-order valence-corrected chi connectivity index (χ3v) is 3.13. The number of anilines is 1. The standard InChI is InChI=1S/C11H14N4O2S/c1-2-18-11-8(9(12)14-15-11)10(16)13-6-7-4-3-5-17-7/h3-5H,2,6H2,1H3,(H,13,16)(H3,12,14,15). The smallest absolute Gasteiger partial charge is 0.258 e. The Balaban J connectivity index is 2.06. The largest absolute Gasteiger partial charge is 0.467 e. The quantitative estimate of drug-likeness (QED) is 0.715. The molecule has 0 saturated carbocycles. The first-order valence-electron chi connectivity index (χ1n) is 5.49. The second-order valence-electron chi connectivity index (χ2n) is 3.51. The summed E-state index contributed by atoms with van der Waals surface area (Å²) < 4.78 is 5.13. The van der Waals surface area contributed by atoms with E-state index in [0.29, 0.717) is 22.9 Å². The van der Waals surface area contributed by atoms with Crippen molar-refractivity contribution in [3.8, 4) is 0 Å². The third-order valence-electron chi connectivity index (χ3n) is 2.27. The van der Waals surface area contributed by atoms with Crippen LogP contribution in [0.4, 0.5) is 5.82 Å². The van der Waals surface area contributed by atoms with Gasteiger partial charge >= 0.3 is 0 Å². The predicted octanol–water partition coefficient (Wildman–Crippen LogP) is 1.63. The number of nitrogens with one attached hydrogen (secondary N) is 2. The van der Waals surface area contributed by atoms with Gasteiger partial charge in [0, 0.05) is 0 Å². The van der Waals surface area contributed by atoms with Crippen LogP contribution < -0.4 is 11.1 Å². The van der Waals surface area contributed by atoms with E-state index < -0.39 is 0 Å². The number of rotatable bonds is 5. The first-order valence-corrected chi connectivity index (χ1v) is 6.48. The zero-order valence-electron chi connectivity index (χ0n) is 9.90. The van der Waals surface area contributed by atoms with Crippen LogP contribution in [0.25, 0.3) is 0 Å². The van der Waals surface area contributed by atoms with Crippen molar-refractivity contribution in [1.29, 1.82) is 0 Å². The fraction of sp³-hybridized carbons (Fsp3) is 0.273. The molecule has 4 N–H and O–H groups in total. The normalized spacial score (nSPS) is 10.5. The molecule has 2 rings (SSSR count). The van der Waals surface area contributed by atoms with Crippen LogP contribution in [-0.2, 0) is 6.54 Å². The van der Waals surface area contributed by atoms with Gasteiger partial charge in [0.05, 0.1) is 12.8 Å². The molecule has 0 fully saturated rings. The number of carbonyl (C=O) groups is 1. The molecule has 2 heterocycles. The maximum absolute atomic E-state index is 12.0. The lowest BCUT2D eigenvalue weighted by molar-refractivity contribution is 0.0946. The lowest BCUT2D eigenvalue weighted by Crippen LogP contribution is -2.23. The lowest BCUT2D eigenvalue weighted by atomic mass is 10.3. The molecule has 0 saturated heterocycles. The first kappa shape index (κ1) is 12.6. The van der Waals surface area contributed by atoms with Crippen LogP contribution in [0.1, 0.15) is 23.0 Å². The van der Waals surface area contributed by atoms with Crippen LogP contribution in [0.2, 0.25) is 0 Å². The molecule has 0 atom stereocenters. The van der Waals surface area contributed by atoms with Gasteiger partial charge in [0.25, 0.3) is 5.91 Å². The van der Waals surface area contributed by atoms with Gasteiger partial charge in [-0.05, 0) is 17.9 Å². The number of carbonyl (C=O) groups excluding carboxylic acids is 1. The van der Waals surface area contributed by atoms with Crippen LogP contribution in [-0.4, -0.2) is 21.9 Å². The minimum absolute atomic E-state index is 0.256.